The lowest BCUT2D eigenvalue weighted by Gasteiger charge is -2.35. The van der Waals surface area contributed by atoms with Gasteiger partial charge in [-0.15, -0.1) is 0 Å². The number of carbonyl (C=O) groups excluding carboxylic acids is 3. The summed E-state index contributed by atoms with van der Waals surface area (Å²) in [5, 5.41) is 2.50. The van der Waals surface area contributed by atoms with Gasteiger partial charge in [0, 0.05) is 70.0 Å². The zero-order chi connectivity index (χ0) is 32.4. The predicted octanol–water partition coefficient (Wildman–Crippen LogP) is 3.92. The standard InChI is InChI=1S/C33H41N7O5/c1-6-44-30(42)13-11-24-10-12-28(34-19-24)39-14-16-40(17-15-39)31-35-20-27(21-36-31)26-9-7-8-25(18-26)23-38(5)29(41)22-37-32(43)45-33(2,3)4/h7-13,18-21H,6,14-17,22-23H2,1-5H3,(H,37,43)/b13-11+. The van der Waals surface area contributed by atoms with Crippen molar-refractivity contribution in [2.45, 2.75) is 39.8 Å². The van der Waals surface area contributed by atoms with Gasteiger partial charge in [-0.1, -0.05) is 18.2 Å². The molecule has 0 unspecified atom stereocenters. The van der Waals surface area contributed by atoms with Crippen LogP contribution < -0.4 is 15.1 Å². The van der Waals surface area contributed by atoms with Crippen molar-refractivity contribution in [2.24, 2.45) is 0 Å². The molecular formula is C33H41N7O5. The number of benzene rings is 1. The van der Waals surface area contributed by atoms with Crippen molar-refractivity contribution in [3.05, 3.63) is 72.2 Å². The SMILES string of the molecule is CCOC(=O)/C=C/c1ccc(N2CCN(c3ncc(-c4cccc(CN(C)C(=O)CNC(=O)OC(C)(C)C)c4)cn3)CC2)nc1. The molecule has 2 aromatic heterocycles. The van der Waals surface area contributed by atoms with E-state index in [0.29, 0.717) is 19.1 Å². The Balaban J connectivity index is 1.28. The zero-order valence-electron chi connectivity index (χ0n) is 26.5. The Morgan fingerprint density at radius 1 is 0.956 bits per heavy atom. The number of aromatic nitrogens is 3. The molecule has 12 nitrogen and oxygen atoms in total. The number of esters is 1. The molecule has 1 aliphatic heterocycles. The summed E-state index contributed by atoms with van der Waals surface area (Å²) in [6.07, 6.45) is 7.85. The van der Waals surface area contributed by atoms with Gasteiger partial charge in [0.2, 0.25) is 11.9 Å². The number of nitrogens with zero attached hydrogens (tertiary/aromatic N) is 6. The maximum Gasteiger partial charge on any atom is 0.408 e. The lowest BCUT2D eigenvalue weighted by molar-refractivity contribution is -0.137. The summed E-state index contributed by atoms with van der Waals surface area (Å²) in [4.78, 5) is 55.7. The van der Waals surface area contributed by atoms with E-state index in [1.807, 2.05) is 48.8 Å². The van der Waals surface area contributed by atoms with Crippen LogP contribution in [0.15, 0.2) is 61.1 Å². The van der Waals surface area contributed by atoms with Crippen LogP contribution in [0.25, 0.3) is 17.2 Å². The molecule has 1 N–H and O–H groups in total. The first kappa shape index (κ1) is 32.9. The smallest absolute Gasteiger partial charge is 0.408 e. The van der Waals surface area contributed by atoms with Gasteiger partial charge in [-0.2, -0.15) is 0 Å². The number of alkyl carbamates (subject to hydrolysis) is 1. The number of hydrogen-bond donors (Lipinski definition) is 1. The molecule has 45 heavy (non-hydrogen) atoms. The van der Waals surface area contributed by atoms with Crippen LogP contribution in [0.2, 0.25) is 0 Å². The van der Waals surface area contributed by atoms with Crippen LogP contribution in [-0.2, 0) is 25.6 Å². The van der Waals surface area contributed by atoms with Crippen molar-refractivity contribution in [3.8, 4) is 11.1 Å². The topological polar surface area (TPSA) is 130 Å². The highest BCUT2D eigenvalue weighted by molar-refractivity contribution is 5.87. The average molecular weight is 616 g/mol. The molecule has 0 radical (unpaired) electrons. The van der Waals surface area contributed by atoms with Crippen molar-refractivity contribution < 1.29 is 23.9 Å². The third kappa shape index (κ3) is 10.0. The minimum Gasteiger partial charge on any atom is -0.463 e. The van der Waals surface area contributed by atoms with Crippen LogP contribution in [-0.4, -0.2) is 89.8 Å². The van der Waals surface area contributed by atoms with E-state index in [4.69, 9.17) is 9.47 Å². The number of hydrogen-bond acceptors (Lipinski definition) is 10. The lowest BCUT2D eigenvalue weighted by Crippen LogP contribution is -2.47. The molecular weight excluding hydrogens is 574 g/mol. The molecule has 1 saturated heterocycles. The van der Waals surface area contributed by atoms with Crippen molar-refractivity contribution >= 4 is 35.8 Å². The molecule has 0 bridgehead atoms. The predicted molar refractivity (Wildman–Crippen MR) is 173 cm³/mol. The molecule has 1 aromatic carbocycles. The molecule has 0 saturated carbocycles. The van der Waals surface area contributed by atoms with Gasteiger partial charge < -0.3 is 29.5 Å². The Hall–Kier alpha value is -5.00. The molecule has 0 atom stereocenters. The van der Waals surface area contributed by atoms with Gasteiger partial charge in [-0.3, -0.25) is 4.79 Å². The summed E-state index contributed by atoms with van der Waals surface area (Å²) in [5.74, 6) is 0.954. The number of likely N-dealkylation sites (N-methyl/N-ethyl adjacent to an activating group) is 1. The summed E-state index contributed by atoms with van der Waals surface area (Å²) in [6.45, 7) is 10.7. The number of pyridine rings is 1. The number of piperazine rings is 1. The molecule has 3 heterocycles. The van der Waals surface area contributed by atoms with E-state index >= 15 is 0 Å². The van der Waals surface area contributed by atoms with Crippen LogP contribution in [0.5, 0.6) is 0 Å². The first-order valence-electron chi connectivity index (χ1n) is 14.9. The molecule has 238 valence electrons. The van der Waals surface area contributed by atoms with Gasteiger partial charge in [0.15, 0.2) is 0 Å². The number of ether oxygens (including phenoxy) is 2. The Bertz CT molecular complexity index is 1480. The average Bonchev–Trinajstić information content (AvgIpc) is 3.02. The quantitative estimate of drug-likeness (QED) is 0.265. The van der Waals surface area contributed by atoms with E-state index < -0.39 is 11.7 Å². The Morgan fingerprint density at radius 3 is 2.31 bits per heavy atom. The van der Waals surface area contributed by atoms with Crippen LogP contribution in [0.3, 0.4) is 0 Å². The second-order valence-electron chi connectivity index (χ2n) is 11.6. The van der Waals surface area contributed by atoms with E-state index in [-0.39, 0.29) is 18.4 Å². The van der Waals surface area contributed by atoms with Crippen molar-refractivity contribution in [1.29, 1.82) is 0 Å². The summed E-state index contributed by atoms with van der Waals surface area (Å²) < 4.78 is 10.1. The summed E-state index contributed by atoms with van der Waals surface area (Å²) >= 11 is 0. The summed E-state index contributed by atoms with van der Waals surface area (Å²) in [7, 11) is 1.69. The van der Waals surface area contributed by atoms with Crippen LogP contribution >= 0.6 is 0 Å². The Morgan fingerprint density at radius 2 is 1.67 bits per heavy atom. The number of rotatable bonds is 10. The molecule has 2 amide bonds. The van der Waals surface area contributed by atoms with E-state index in [9.17, 15) is 14.4 Å². The number of anilines is 2. The number of amides is 2. The van der Waals surface area contributed by atoms with Crippen LogP contribution in [0.1, 0.15) is 38.8 Å². The van der Waals surface area contributed by atoms with Gasteiger partial charge in [-0.25, -0.2) is 24.5 Å². The molecule has 12 heteroatoms. The molecule has 1 aliphatic rings. The van der Waals surface area contributed by atoms with Gasteiger partial charge in [0.1, 0.15) is 18.0 Å². The highest BCUT2D eigenvalue weighted by Crippen LogP contribution is 2.22. The maximum atomic E-state index is 12.5. The van der Waals surface area contributed by atoms with E-state index in [1.54, 1.807) is 51.9 Å². The minimum atomic E-state index is -0.629. The summed E-state index contributed by atoms with van der Waals surface area (Å²) in [6, 6.07) is 11.8. The Kier molecular flexibility index (Phi) is 11.1. The van der Waals surface area contributed by atoms with Gasteiger partial charge >= 0.3 is 12.1 Å². The van der Waals surface area contributed by atoms with Crippen molar-refractivity contribution in [1.82, 2.24) is 25.2 Å². The van der Waals surface area contributed by atoms with Crippen molar-refractivity contribution in [2.75, 3.05) is 56.2 Å². The first-order chi connectivity index (χ1) is 21.5. The molecule has 3 aromatic rings. The largest absolute Gasteiger partial charge is 0.463 e. The van der Waals surface area contributed by atoms with E-state index in [0.717, 1.165) is 54.3 Å². The highest BCUT2D eigenvalue weighted by Gasteiger charge is 2.21. The fourth-order valence-electron chi connectivity index (χ4n) is 4.62. The zero-order valence-corrected chi connectivity index (χ0v) is 26.5. The third-order valence-electron chi connectivity index (χ3n) is 6.88. The second-order valence-corrected chi connectivity index (χ2v) is 11.6. The monoisotopic (exact) mass is 615 g/mol. The molecule has 1 fully saturated rings. The normalized spacial score (nSPS) is 13.4. The molecule has 0 aliphatic carbocycles. The van der Waals surface area contributed by atoms with Gasteiger partial charge in [0.25, 0.3) is 0 Å². The minimum absolute atomic E-state index is 0.145. The Labute approximate surface area is 264 Å². The van der Waals surface area contributed by atoms with Crippen molar-refractivity contribution in [3.63, 3.8) is 0 Å². The number of nitrogens with one attached hydrogen (secondary N) is 1. The van der Waals surface area contributed by atoms with Crippen LogP contribution in [0.4, 0.5) is 16.6 Å². The fraction of sp³-hybridized carbons (Fsp3) is 0.394. The summed E-state index contributed by atoms with van der Waals surface area (Å²) in [5.41, 5.74) is 2.97. The highest BCUT2D eigenvalue weighted by atomic mass is 16.6. The number of carbonyl (C=O) groups is 3. The first-order valence-corrected chi connectivity index (χ1v) is 14.9. The maximum absolute atomic E-state index is 12.5. The van der Waals surface area contributed by atoms with Gasteiger partial charge in [-0.05, 0) is 68.7 Å². The van der Waals surface area contributed by atoms with Crippen LogP contribution in [0, 0.1) is 0 Å². The van der Waals surface area contributed by atoms with E-state index in [2.05, 4.69) is 30.1 Å². The lowest BCUT2D eigenvalue weighted by atomic mass is 10.1. The second kappa shape index (κ2) is 15.1. The molecule has 4 rings (SSSR count). The van der Waals surface area contributed by atoms with E-state index in [1.165, 1.54) is 6.08 Å². The molecule has 0 spiro atoms. The van der Waals surface area contributed by atoms with Gasteiger partial charge in [0.05, 0.1) is 6.61 Å². The third-order valence-corrected chi connectivity index (χ3v) is 6.88. The fourth-order valence-corrected chi connectivity index (χ4v) is 4.62.